The van der Waals surface area contributed by atoms with E-state index < -0.39 is 0 Å². The first-order valence-electron chi connectivity index (χ1n) is 8.92. The maximum absolute atomic E-state index is 5.40. The third-order valence-corrected chi connectivity index (χ3v) is 4.79. The van der Waals surface area contributed by atoms with Gasteiger partial charge in [0.15, 0.2) is 0 Å². The molecule has 8 heteroatoms. The summed E-state index contributed by atoms with van der Waals surface area (Å²) < 4.78 is 2.48. The lowest BCUT2D eigenvalue weighted by Gasteiger charge is -2.34. The van der Waals surface area contributed by atoms with E-state index in [1.165, 1.54) is 0 Å². The van der Waals surface area contributed by atoms with E-state index in [9.17, 15) is 0 Å². The van der Waals surface area contributed by atoms with Crippen LogP contribution in [0, 0.1) is 4.77 Å². The maximum atomic E-state index is 5.40. The van der Waals surface area contributed by atoms with Gasteiger partial charge in [-0.05, 0) is 29.9 Å². The molecule has 0 radical (unpaired) electrons. The van der Waals surface area contributed by atoms with Gasteiger partial charge in [-0.2, -0.15) is 4.98 Å². The zero-order valence-electron chi connectivity index (χ0n) is 14.9. The molecule has 0 amide bonds. The van der Waals surface area contributed by atoms with E-state index >= 15 is 0 Å². The van der Waals surface area contributed by atoms with Gasteiger partial charge in [0.1, 0.15) is 5.82 Å². The molecule has 27 heavy (non-hydrogen) atoms. The standard InChI is InChI=1S/C19H21N7S/c27-19-22-17(8-7-16-5-2-1-3-6-16)23-26(19)15-24-11-13-25(14-12-24)18-20-9-4-10-21-18/h1-10H,11-15H2,(H,22,23,27)/b8-7+. The van der Waals surface area contributed by atoms with Crippen LogP contribution >= 0.6 is 12.2 Å². The van der Waals surface area contributed by atoms with Crippen molar-refractivity contribution in [1.29, 1.82) is 0 Å². The van der Waals surface area contributed by atoms with Crippen LogP contribution in [0.2, 0.25) is 0 Å². The first-order chi connectivity index (χ1) is 13.3. The number of nitrogens with zero attached hydrogens (tertiary/aromatic N) is 6. The van der Waals surface area contributed by atoms with Crippen molar-refractivity contribution in [2.24, 2.45) is 0 Å². The molecule has 3 aromatic rings. The zero-order chi connectivity index (χ0) is 18.5. The normalized spacial score (nSPS) is 15.5. The zero-order valence-corrected chi connectivity index (χ0v) is 15.7. The molecule has 4 rings (SSSR count). The summed E-state index contributed by atoms with van der Waals surface area (Å²) in [6.07, 6.45) is 7.54. The molecule has 0 unspecified atom stereocenters. The number of benzene rings is 1. The average molecular weight is 379 g/mol. The Bertz CT molecular complexity index is 941. The highest BCUT2D eigenvalue weighted by Crippen LogP contribution is 2.11. The average Bonchev–Trinajstić information content (AvgIpc) is 3.08. The minimum atomic E-state index is 0.566. The highest BCUT2D eigenvalue weighted by atomic mass is 32.1. The molecule has 0 aliphatic carbocycles. The Morgan fingerprint density at radius 1 is 0.963 bits per heavy atom. The van der Waals surface area contributed by atoms with Crippen molar-refractivity contribution in [2.45, 2.75) is 6.67 Å². The lowest BCUT2D eigenvalue weighted by atomic mass is 10.2. The molecule has 7 nitrogen and oxygen atoms in total. The van der Waals surface area contributed by atoms with Crippen molar-refractivity contribution < 1.29 is 0 Å². The third-order valence-electron chi connectivity index (χ3n) is 4.48. The van der Waals surface area contributed by atoms with Crippen molar-refractivity contribution in [3.63, 3.8) is 0 Å². The Hall–Kier alpha value is -2.84. The molecule has 1 fully saturated rings. The van der Waals surface area contributed by atoms with Crippen LogP contribution in [0.4, 0.5) is 5.95 Å². The fraction of sp³-hybridized carbons (Fsp3) is 0.263. The monoisotopic (exact) mass is 379 g/mol. The number of nitrogens with one attached hydrogen (secondary N) is 1. The Balaban J connectivity index is 1.36. The third kappa shape index (κ3) is 4.47. The van der Waals surface area contributed by atoms with Crippen LogP contribution in [0.1, 0.15) is 11.4 Å². The fourth-order valence-electron chi connectivity index (χ4n) is 3.03. The number of aromatic amines is 1. The molecule has 1 saturated heterocycles. The largest absolute Gasteiger partial charge is 0.338 e. The lowest BCUT2D eigenvalue weighted by molar-refractivity contribution is 0.193. The van der Waals surface area contributed by atoms with E-state index in [-0.39, 0.29) is 0 Å². The van der Waals surface area contributed by atoms with E-state index in [4.69, 9.17) is 12.2 Å². The number of H-pyrrole nitrogens is 1. The van der Waals surface area contributed by atoms with Crippen molar-refractivity contribution >= 4 is 30.3 Å². The van der Waals surface area contributed by atoms with E-state index in [2.05, 4.69) is 42.0 Å². The van der Waals surface area contributed by atoms with Crippen molar-refractivity contribution in [3.05, 3.63) is 65.0 Å². The van der Waals surface area contributed by atoms with Gasteiger partial charge in [0.2, 0.25) is 10.7 Å². The van der Waals surface area contributed by atoms with Crippen molar-refractivity contribution in [3.8, 4) is 0 Å². The van der Waals surface area contributed by atoms with E-state index in [0.717, 1.165) is 43.5 Å². The molecule has 0 bridgehead atoms. The summed E-state index contributed by atoms with van der Waals surface area (Å²) in [5.41, 5.74) is 1.13. The minimum Gasteiger partial charge on any atom is -0.338 e. The van der Waals surface area contributed by atoms with Gasteiger partial charge in [0.05, 0.1) is 6.67 Å². The molecule has 0 atom stereocenters. The molecule has 0 spiro atoms. The van der Waals surface area contributed by atoms with Gasteiger partial charge in [-0.3, -0.25) is 10.00 Å². The van der Waals surface area contributed by atoms with Crippen LogP contribution < -0.4 is 4.90 Å². The molecular weight excluding hydrogens is 358 g/mol. The number of anilines is 1. The second-order valence-electron chi connectivity index (χ2n) is 6.36. The Morgan fingerprint density at radius 2 is 1.70 bits per heavy atom. The van der Waals surface area contributed by atoms with Crippen LogP contribution in [0.25, 0.3) is 12.2 Å². The number of piperazine rings is 1. The van der Waals surface area contributed by atoms with Crippen LogP contribution in [0.15, 0.2) is 48.8 Å². The summed E-state index contributed by atoms with van der Waals surface area (Å²) >= 11 is 5.40. The van der Waals surface area contributed by atoms with Gasteiger partial charge in [-0.25, -0.2) is 14.6 Å². The molecule has 1 N–H and O–H groups in total. The fourth-order valence-corrected chi connectivity index (χ4v) is 3.23. The SMILES string of the molecule is S=c1nc(/C=C/c2ccccc2)[nH]n1CN1CCN(c2ncccn2)CC1. The van der Waals surface area contributed by atoms with Crippen LogP contribution in [0.5, 0.6) is 0 Å². The molecule has 138 valence electrons. The minimum absolute atomic E-state index is 0.566. The summed E-state index contributed by atoms with van der Waals surface area (Å²) in [6.45, 7) is 4.34. The second kappa shape index (κ2) is 8.24. The van der Waals surface area contributed by atoms with Gasteiger partial charge >= 0.3 is 0 Å². The van der Waals surface area contributed by atoms with Crippen LogP contribution in [0.3, 0.4) is 0 Å². The highest BCUT2D eigenvalue weighted by Gasteiger charge is 2.19. The molecule has 2 aromatic heterocycles. The van der Waals surface area contributed by atoms with Crippen molar-refractivity contribution in [1.82, 2.24) is 29.6 Å². The Kier molecular flexibility index (Phi) is 5.36. The summed E-state index contributed by atoms with van der Waals surface area (Å²) in [4.78, 5) is 17.6. The number of rotatable bonds is 5. The van der Waals surface area contributed by atoms with Gasteiger partial charge in [-0.15, -0.1) is 0 Å². The van der Waals surface area contributed by atoms with Crippen LogP contribution in [-0.2, 0) is 6.67 Å². The summed E-state index contributed by atoms with van der Waals surface area (Å²) in [6, 6.07) is 12.0. The van der Waals surface area contributed by atoms with E-state index in [1.807, 2.05) is 41.1 Å². The molecule has 1 aliphatic heterocycles. The lowest BCUT2D eigenvalue weighted by Crippen LogP contribution is -2.47. The second-order valence-corrected chi connectivity index (χ2v) is 6.72. The molecule has 1 aromatic carbocycles. The molecular formula is C19H21N7S. The predicted molar refractivity (Wildman–Crippen MR) is 109 cm³/mol. The molecule has 0 saturated carbocycles. The summed E-state index contributed by atoms with van der Waals surface area (Å²) in [5.74, 6) is 1.56. The van der Waals surface area contributed by atoms with Crippen molar-refractivity contribution in [2.75, 3.05) is 31.1 Å². The quantitative estimate of drug-likeness (QED) is 0.688. The summed E-state index contributed by atoms with van der Waals surface area (Å²) in [7, 11) is 0. The Morgan fingerprint density at radius 3 is 2.44 bits per heavy atom. The first kappa shape index (κ1) is 17.6. The highest BCUT2D eigenvalue weighted by molar-refractivity contribution is 7.71. The molecule has 1 aliphatic rings. The van der Waals surface area contributed by atoms with Gasteiger partial charge in [0.25, 0.3) is 0 Å². The predicted octanol–water partition coefficient (Wildman–Crippen LogP) is 2.68. The van der Waals surface area contributed by atoms with Gasteiger partial charge in [-0.1, -0.05) is 36.4 Å². The maximum Gasteiger partial charge on any atom is 0.225 e. The molecule has 3 heterocycles. The first-order valence-corrected chi connectivity index (χ1v) is 9.33. The topological polar surface area (TPSA) is 65.9 Å². The summed E-state index contributed by atoms with van der Waals surface area (Å²) in [5, 5.41) is 3.28. The van der Waals surface area contributed by atoms with E-state index in [1.54, 1.807) is 12.4 Å². The number of aromatic nitrogens is 5. The smallest absolute Gasteiger partial charge is 0.225 e. The van der Waals surface area contributed by atoms with Gasteiger partial charge in [0, 0.05) is 38.6 Å². The number of hydrogen-bond acceptors (Lipinski definition) is 6. The Labute approximate surface area is 163 Å². The van der Waals surface area contributed by atoms with Gasteiger partial charge < -0.3 is 4.90 Å². The van der Waals surface area contributed by atoms with Crippen LogP contribution in [-0.4, -0.2) is 55.8 Å². The van der Waals surface area contributed by atoms with E-state index in [0.29, 0.717) is 11.4 Å². The number of hydrogen-bond donors (Lipinski definition) is 1.